The molecule has 0 radical (unpaired) electrons. The Bertz CT molecular complexity index is 764. The molecular weight excluding hydrogens is 400 g/mol. The van der Waals surface area contributed by atoms with Gasteiger partial charge in [-0.05, 0) is 47.9 Å². The van der Waals surface area contributed by atoms with Crippen molar-refractivity contribution in [3.63, 3.8) is 0 Å². The Morgan fingerprint density at radius 3 is 1.67 bits per heavy atom. The first-order valence-electron chi connectivity index (χ1n) is 8.33. The van der Waals surface area contributed by atoms with Gasteiger partial charge in [-0.15, -0.1) is 22.7 Å². The number of carbonyl (C=O) groups excluding carboxylic acids is 2. The lowest BCUT2D eigenvalue weighted by Gasteiger charge is -2.02. The maximum absolute atomic E-state index is 11.4. The van der Waals surface area contributed by atoms with Crippen LogP contribution < -0.4 is 0 Å². The predicted molar refractivity (Wildman–Crippen MR) is 112 cm³/mol. The van der Waals surface area contributed by atoms with Crippen molar-refractivity contribution in [3.8, 4) is 0 Å². The van der Waals surface area contributed by atoms with Crippen LogP contribution in [0.1, 0.15) is 25.0 Å². The van der Waals surface area contributed by atoms with Crippen LogP contribution in [0.3, 0.4) is 0 Å². The Morgan fingerprint density at radius 2 is 1.30 bits per heavy atom. The van der Waals surface area contributed by atoms with Crippen molar-refractivity contribution in [2.75, 3.05) is 13.2 Å². The van der Waals surface area contributed by atoms with Crippen LogP contribution in [0, 0.1) is 0 Å². The largest absolute Gasteiger partial charge is 0.462 e. The molecule has 7 heteroatoms. The van der Waals surface area contributed by atoms with Gasteiger partial charge in [-0.1, -0.05) is 24.9 Å². The Balaban J connectivity index is 1.77. The van der Waals surface area contributed by atoms with Crippen molar-refractivity contribution < 1.29 is 19.1 Å². The Morgan fingerprint density at radius 1 is 0.889 bits per heavy atom. The molecule has 0 atom stereocenters. The molecule has 0 spiro atoms. The molecule has 0 aromatic carbocycles. The molecule has 2 aromatic heterocycles. The third kappa shape index (κ3) is 7.36. The van der Waals surface area contributed by atoms with Gasteiger partial charge in [0.05, 0.1) is 21.6 Å². The lowest BCUT2D eigenvalue weighted by Crippen LogP contribution is -2.07. The van der Waals surface area contributed by atoms with Crippen LogP contribution in [0.4, 0.5) is 0 Å². The van der Waals surface area contributed by atoms with Crippen molar-refractivity contribution >= 4 is 46.4 Å². The molecule has 0 amide bonds. The van der Waals surface area contributed by atoms with Gasteiger partial charge < -0.3 is 9.47 Å². The first-order valence-corrected chi connectivity index (χ1v) is 10.9. The number of carbonyl (C=O) groups is 2. The van der Waals surface area contributed by atoms with Crippen LogP contribution in [-0.2, 0) is 31.9 Å². The zero-order chi connectivity index (χ0) is 19.8. The fourth-order valence-electron chi connectivity index (χ4n) is 1.94. The van der Waals surface area contributed by atoms with Crippen LogP contribution >= 0.6 is 34.4 Å². The van der Waals surface area contributed by atoms with E-state index < -0.39 is 0 Å². The molecule has 0 saturated carbocycles. The summed E-state index contributed by atoms with van der Waals surface area (Å²) in [4.78, 5) is 22.7. The van der Waals surface area contributed by atoms with E-state index in [1.807, 2.05) is 0 Å². The van der Waals surface area contributed by atoms with E-state index in [0.29, 0.717) is 37.2 Å². The van der Waals surface area contributed by atoms with E-state index in [1.165, 1.54) is 8.42 Å². The zero-order valence-corrected chi connectivity index (χ0v) is 17.9. The van der Waals surface area contributed by atoms with E-state index in [9.17, 15) is 9.59 Å². The number of hydrogen-bond donors (Lipinski definition) is 0. The molecule has 2 rings (SSSR count). The summed E-state index contributed by atoms with van der Waals surface area (Å²) in [6, 6.07) is 4.25. The van der Waals surface area contributed by atoms with E-state index in [4.69, 9.17) is 9.47 Å². The van der Waals surface area contributed by atoms with Gasteiger partial charge in [-0.3, -0.25) is 0 Å². The first kappa shape index (κ1) is 21.5. The Kier molecular flexibility index (Phi) is 8.34. The monoisotopic (exact) mass is 422 g/mol. The van der Waals surface area contributed by atoms with E-state index in [2.05, 4.69) is 36.1 Å². The second-order valence-electron chi connectivity index (χ2n) is 5.98. The van der Waals surface area contributed by atoms with Crippen molar-refractivity contribution in [1.82, 2.24) is 0 Å². The zero-order valence-electron chi connectivity index (χ0n) is 15.4. The topological polar surface area (TPSA) is 52.6 Å². The minimum atomic E-state index is -0.347. The SMILES string of the molecule is C=C(C)C(=O)OCCc1csc(Sc2cc(CCOC(=O)C(=C)C)cs2)c1. The Hall–Kier alpha value is -1.83. The predicted octanol–water partition coefficient (Wildman–Crippen LogP) is 5.28. The van der Waals surface area contributed by atoms with Crippen molar-refractivity contribution in [3.05, 3.63) is 58.3 Å². The highest BCUT2D eigenvalue weighted by Crippen LogP contribution is 2.36. The highest BCUT2D eigenvalue weighted by Gasteiger charge is 2.08. The van der Waals surface area contributed by atoms with Gasteiger partial charge in [0.25, 0.3) is 0 Å². The summed E-state index contributed by atoms with van der Waals surface area (Å²) < 4.78 is 12.6. The highest BCUT2D eigenvalue weighted by molar-refractivity contribution is 8.02. The van der Waals surface area contributed by atoms with Crippen LogP contribution in [0.15, 0.2) is 55.6 Å². The summed E-state index contributed by atoms with van der Waals surface area (Å²) in [5.74, 6) is -0.695. The number of esters is 2. The van der Waals surface area contributed by atoms with Gasteiger partial charge in [0.2, 0.25) is 0 Å². The second-order valence-corrected chi connectivity index (χ2v) is 9.41. The van der Waals surface area contributed by atoms with Gasteiger partial charge in [0.1, 0.15) is 0 Å². The van der Waals surface area contributed by atoms with E-state index in [1.54, 1.807) is 48.3 Å². The number of hydrogen-bond acceptors (Lipinski definition) is 7. The summed E-state index contributed by atoms with van der Waals surface area (Å²) in [6.45, 7) is 11.1. The highest BCUT2D eigenvalue weighted by atomic mass is 32.2. The minimum absolute atomic E-state index is 0.347. The number of rotatable bonds is 10. The summed E-state index contributed by atoms with van der Waals surface area (Å²) in [5, 5.41) is 4.17. The molecule has 0 N–H and O–H groups in total. The van der Waals surface area contributed by atoms with Crippen LogP contribution in [-0.4, -0.2) is 25.2 Å². The average Bonchev–Trinajstić information content (AvgIpc) is 3.24. The number of thiophene rings is 2. The number of ether oxygens (including phenoxy) is 2. The second kappa shape index (κ2) is 10.5. The van der Waals surface area contributed by atoms with Crippen molar-refractivity contribution in [2.45, 2.75) is 35.1 Å². The average molecular weight is 423 g/mol. The molecule has 0 saturated heterocycles. The third-order valence-corrected chi connectivity index (χ3v) is 6.66. The molecule has 0 aliphatic carbocycles. The minimum Gasteiger partial charge on any atom is -0.462 e. The normalized spacial score (nSPS) is 10.4. The van der Waals surface area contributed by atoms with Gasteiger partial charge in [-0.25, -0.2) is 9.59 Å². The smallest absolute Gasteiger partial charge is 0.333 e. The van der Waals surface area contributed by atoms with Gasteiger partial charge in [0, 0.05) is 24.0 Å². The molecule has 0 aliphatic rings. The maximum atomic E-state index is 11.4. The summed E-state index contributed by atoms with van der Waals surface area (Å²) >= 11 is 5.06. The van der Waals surface area contributed by atoms with Crippen LogP contribution in [0.2, 0.25) is 0 Å². The standard InChI is InChI=1S/C20H22O4S3/c1-13(2)19(21)23-7-5-15-9-17(25-11-15)27-18-10-16(12-26-18)6-8-24-20(22)14(3)4/h9-12H,1,3,5-8H2,2,4H3. The lowest BCUT2D eigenvalue weighted by molar-refractivity contribution is -0.139. The summed E-state index contributed by atoms with van der Waals surface area (Å²) in [6.07, 6.45) is 1.39. The molecule has 27 heavy (non-hydrogen) atoms. The molecule has 2 heterocycles. The Labute approximate surface area is 171 Å². The fraction of sp³-hybridized carbons (Fsp3) is 0.300. The lowest BCUT2D eigenvalue weighted by atomic mass is 10.2. The molecule has 0 fully saturated rings. The molecule has 144 valence electrons. The van der Waals surface area contributed by atoms with Gasteiger partial charge >= 0.3 is 11.9 Å². The van der Waals surface area contributed by atoms with Crippen LogP contribution in [0.25, 0.3) is 0 Å². The summed E-state index contributed by atoms with van der Waals surface area (Å²) in [7, 11) is 0. The van der Waals surface area contributed by atoms with Gasteiger partial charge in [0.15, 0.2) is 0 Å². The molecule has 0 aliphatic heterocycles. The van der Waals surface area contributed by atoms with E-state index >= 15 is 0 Å². The van der Waals surface area contributed by atoms with Gasteiger partial charge in [-0.2, -0.15) is 0 Å². The molecular formula is C20H22O4S3. The third-order valence-electron chi connectivity index (χ3n) is 3.41. The molecule has 2 aromatic rings. The van der Waals surface area contributed by atoms with E-state index in [0.717, 1.165) is 11.1 Å². The van der Waals surface area contributed by atoms with E-state index in [-0.39, 0.29) is 11.9 Å². The fourth-order valence-corrected chi connectivity index (χ4v) is 5.28. The maximum Gasteiger partial charge on any atom is 0.333 e. The van der Waals surface area contributed by atoms with Crippen molar-refractivity contribution in [2.24, 2.45) is 0 Å². The quantitative estimate of drug-likeness (QED) is 0.385. The summed E-state index contributed by atoms with van der Waals surface area (Å²) in [5.41, 5.74) is 3.14. The first-order chi connectivity index (χ1) is 12.8. The molecule has 0 bridgehead atoms. The molecule has 4 nitrogen and oxygen atoms in total. The van der Waals surface area contributed by atoms with Crippen LogP contribution in [0.5, 0.6) is 0 Å². The van der Waals surface area contributed by atoms with Crippen molar-refractivity contribution in [1.29, 1.82) is 0 Å². The molecule has 0 unspecified atom stereocenters.